The van der Waals surface area contributed by atoms with Gasteiger partial charge in [0.1, 0.15) is 6.61 Å². The highest BCUT2D eigenvalue weighted by Gasteiger charge is 2.22. The molecular formula is C24H33BrN2O2. The van der Waals surface area contributed by atoms with Crippen molar-refractivity contribution >= 4 is 15.9 Å². The second-order valence-corrected chi connectivity index (χ2v) is 8.45. The molecule has 1 heterocycles. The molecule has 0 bridgehead atoms. The number of benzene rings is 2. The molecule has 0 aliphatic carbocycles. The maximum absolute atomic E-state index is 6.12. The Morgan fingerprint density at radius 3 is 2.66 bits per heavy atom. The van der Waals surface area contributed by atoms with Crippen LogP contribution in [0, 0.1) is 6.92 Å². The zero-order valence-electron chi connectivity index (χ0n) is 17.8. The van der Waals surface area contributed by atoms with Crippen LogP contribution in [0.25, 0.3) is 0 Å². The lowest BCUT2D eigenvalue weighted by atomic mass is 10.1. The van der Waals surface area contributed by atoms with Crippen molar-refractivity contribution in [1.29, 1.82) is 0 Å². The highest BCUT2D eigenvalue weighted by atomic mass is 79.9. The molecule has 158 valence electrons. The summed E-state index contributed by atoms with van der Waals surface area (Å²) in [6, 6.07) is 13.1. The van der Waals surface area contributed by atoms with Gasteiger partial charge in [-0.2, -0.15) is 0 Å². The average Bonchev–Trinajstić information content (AvgIpc) is 3.17. The van der Waals surface area contributed by atoms with E-state index in [-0.39, 0.29) is 0 Å². The Morgan fingerprint density at radius 2 is 1.90 bits per heavy atom. The molecule has 1 aliphatic heterocycles. The van der Waals surface area contributed by atoms with E-state index in [9.17, 15) is 0 Å². The van der Waals surface area contributed by atoms with Gasteiger partial charge in [0, 0.05) is 23.6 Å². The Hall–Kier alpha value is -1.56. The summed E-state index contributed by atoms with van der Waals surface area (Å²) in [5.41, 5.74) is 3.62. The van der Waals surface area contributed by atoms with Gasteiger partial charge < -0.3 is 14.8 Å². The maximum atomic E-state index is 6.12. The van der Waals surface area contributed by atoms with E-state index in [0.717, 1.165) is 35.6 Å². The minimum atomic E-state index is 0.533. The van der Waals surface area contributed by atoms with Gasteiger partial charge in [-0.1, -0.05) is 47.1 Å². The van der Waals surface area contributed by atoms with Crippen molar-refractivity contribution in [2.24, 2.45) is 0 Å². The first-order valence-electron chi connectivity index (χ1n) is 10.7. The first kappa shape index (κ1) is 22.1. The molecule has 29 heavy (non-hydrogen) atoms. The van der Waals surface area contributed by atoms with E-state index in [1.807, 2.05) is 25.1 Å². The Kier molecular flexibility index (Phi) is 8.40. The van der Waals surface area contributed by atoms with Crippen molar-refractivity contribution in [2.75, 3.05) is 26.2 Å². The van der Waals surface area contributed by atoms with Crippen molar-refractivity contribution in [3.05, 3.63) is 57.6 Å². The number of hydrogen-bond donors (Lipinski definition) is 1. The number of aryl methyl sites for hydroxylation is 1. The van der Waals surface area contributed by atoms with Gasteiger partial charge in [0.15, 0.2) is 11.5 Å². The number of nitrogens with zero attached hydrogens (tertiary/aromatic N) is 1. The van der Waals surface area contributed by atoms with Crippen LogP contribution in [0.4, 0.5) is 0 Å². The van der Waals surface area contributed by atoms with Crippen LogP contribution in [-0.4, -0.2) is 37.2 Å². The summed E-state index contributed by atoms with van der Waals surface area (Å²) < 4.78 is 13.1. The van der Waals surface area contributed by atoms with Gasteiger partial charge in [-0.3, -0.25) is 4.90 Å². The fourth-order valence-electron chi connectivity index (χ4n) is 3.94. The molecule has 0 radical (unpaired) electrons. The molecule has 1 N–H and O–H groups in total. The zero-order chi connectivity index (χ0) is 20.6. The lowest BCUT2D eigenvalue weighted by molar-refractivity contribution is 0.259. The zero-order valence-corrected chi connectivity index (χ0v) is 19.4. The lowest BCUT2D eigenvalue weighted by Crippen LogP contribution is -2.37. The molecule has 1 saturated heterocycles. The van der Waals surface area contributed by atoms with Crippen LogP contribution < -0.4 is 14.8 Å². The molecule has 0 amide bonds. The summed E-state index contributed by atoms with van der Waals surface area (Å²) in [6.07, 6.45) is 2.60. The molecule has 0 aromatic heterocycles. The van der Waals surface area contributed by atoms with Crippen LogP contribution in [0.1, 0.15) is 43.4 Å². The standard InChI is InChI=1S/C24H33BrN2O2/c1-4-27-12-8-11-21(27)16-26-15-20-13-23(28-5-2)24(14-22(20)25)29-17-19-10-7-6-9-18(19)3/h6-7,9-10,13-14,21,26H,4-5,8,11-12,15-17H2,1-3H3. The molecule has 0 saturated carbocycles. The van der Waals surface area contributed by atoms with Crippen molar-refractivity contribution in [3.63, 3.8) is 0 Å². The molecule has 3 rings (SSSR count). The summed E-state index contributed by atoms with van der Waals surface area (Å²) in [5.74, 6) is 1.58. The van der Waals surface area contributed by atoms with E-state index in [1.54, 1.807) is 0 Å². The van der Waals surface area contributed by atoms with Crippen LogP contribution >= 0.6 is 15.9 Å². The highest BCUT2D eigenvalue weighted by molar-refractivity contribution is 9.10. The quantitative estimate of drug-likeness (QED) is 0.520. The summed E-state index contributed by atoms with van der Waals surface area (Å²) in [6.45, 7) is 11.7. The molecule has 5 heteroatoms. The van der Waals surface area contributed by atoms with Gasteiger partial charge in [-0.15, -0.1) is 0 Å². The third-order valence-corrected chi connectivity index (χ3v) is 6.40. The minimum Gasteiger partial charge on any atom is -0.490 e. The normalized spacial score (nSPS) is 16.9. The Balaban J connectivity index is 1.64. The number of likely N-dealkylation sites (tertiary alicyclic amines) is 1. The number of ether oxygens (including phenoxy) is 2. The van der Waals surface area contributed by atoms with Crippen molar-refractivity contribution in [2.45, 2.75) is 52.8 Å². The molecule has 4 nitrogen and oxygen atoms in total. The molecule has 2 aromatic rings. The number of likely N-dealkylation sites (N-methyl/N-ethyl adjacent to an activating group) is 1. The summed E-state index contributed by atoms with van der Waals surface area (Å²) in [4.78, 5) is 2.57. The Labute approximate surface area is 183 Å². The third-order valence-electron chi connectivity index (χ3n) is 5.66. The largest absolute Gasteiger partial charge is 0.490 e. The molecule has 2 aromatic carbocycles. The molecule has 1 aliphatic rings. The van der Waals surface area contributed by atoms with Gasteiger partial charge in [0.2, 0.25) is 0 Å². The van der Waals surface area contributed by atoms with Gasteiger partial charge in [-0.25, -0.2) is 0 Å². The molecule has 1 atom stereocenters. The predicted molar refractivity (Wildman–Crippen MR) is 123 cm³/mol. The van der Waals surface area contributed by atoms with Gasteiger partial charge in [-0.05, 0) is 68.6 Å². The van der Waals surface area contributed by atoms with Crippen LogP contribution in [0.2, 0.25) is 0 Å². The van der Waals surface area contributed by atoms with E-state index >= 15 is 0 Å². The van der Waals surface area contributed by atoms with E-state index < -0.39 is 0 Å². The number of halogens is 1. The van der Waals surface area contributed by atoms with Crippen LogP contribution in [0.5, 0.6) is 11.5 Å². The summed E-state index contributed by atoms with van der Waals surface area (Å²) >= 11 is 3.73. The lowest BCUT2D eigenvalue weighted by Gasteiger charge is -2.23. The van der Waals surface area contributed by atoms with Crippen molar-refractivity contribution < 1.29 is 9.47 Å². The molecular weight excluding hydrogens is 428 g/mol. The van der Waals surface area contributed by atoms with Crippen LogP contribution in [0.3, 0.4) is 0 Å². The number of hydrogen-bond acceptors (Lipinski definition) is 4. The van der Waals surface area contributed by atoms with Gasteiger partial charge in [0.25, 0.3) is 0 Å². The van der Waals surface area contributed by atoms with E-state index in [0.29, 0.717) is 19.3 Å². The van der Waals surface area contributed by atoms with Crippen molar-refractivity contribution in [3.8, 4) is 11.5 Å². The fraction of sp³-hybridized carbons (Fsp3) is 0.500. The number of nitrogens with one attached hydrogen (secondary N) is 1. The van der Waals surface area contributed by atoms with E-state index in [2.05, 4.69) is 58.2 Å². The third kappa shape index (κ3) is 5.97. The van der Waals surface area contributed by atoms with Gasteiger partial charge >= 0.3 is 0 Å². The Bertz CT molecular complexity index is 796. The topological polar surface area (TPSA) is 33.7 Å². The van der Waals surface area contributed by atoms with E-state index in [4.69, 9.17) is 9.47 Å². The smallest absolute Gasteiger partial charge is 0.162 e. The minimum absolute atomic E-state index is 0.533. The molecule has 1 unspecified atom stereocenters. The SMILES string of the molecule is CCOc1cc(CNCC2CCCN2CC)c(Br)cc1OCc1ccccc1C. The van der Waals surface area contributed by atoms with E-state index in [1.165, 1.54) is 36.1 Å². The average molecular weight is 461 g/mol. The second kappa shape index (κ2) is 11.0. The second-order valence-electron chi connectivity index (χ2n) is 7.59. The first-order chi connectivity index (χ1) is 14.1. The van der Waals surface area contributed by atoms with Crippen molar-refractivity contribution in [1.82, 2.24) is 10.2 Å². The van der Waals surface area contributed by atoms with Crippen LogP contribution in [0.15, 0.2) is 40.9 Å². The molecule has 0 spiro atoms. The van der Waals surface area contributed by atoms with Crippen LogP contribution in [-0.2, 0) is 13.2 Å². The Morgan fingerprint density at radius 1 is 1.10 bits per heavy atom. The first-order valence-corrected chi connectivity index (χ1v) is 11.5. The van der Waals surface area contributed by atoms with Gasteiger partial charge in [0.05, 0.1) is 6.61 Å². The monoisotopic (exact) mass is 460 g/mol. The highest BCUT2D eigenvalue weighted by Crippen LogP contribution is 2.34. The number of rotatable bonds is 10. The predicted octanol–water partition coefficient (Wildman–Crippen LogP) is 5.31. The maximum Gasteiger partial charge on any atom is 0.162 e. The molecule has 1 fully saturated rings. The summed E-state index contributed by atoms with van der Waals surface area (Å²) in [5, 5.41) is 3.63. The summed E-state index contributed by atoms with van der Waals surface area (Å²) in [7, 11) is 0. The fourth-order valence-corrected chi connectivity index (χ4v) is 4.40.